The lowest BCUT2D eigenvalue weighted by Crippen LogP contribution is -2.29. The smallest absolute Gasteiger partial charge is 0.462 e. The zero-order chi connectivity index (χ0) is 35.4. The maximum absolute atomic E-state index is 12.4. The molecule has 0 rings (SSSR count). The van der Waals surface area contributed by atoms with Gasteiger partial charge in [0.25, 0.3) is 0 Å². The maximum atomic E-state index is 12.4. The van der Waals surface area contributed by atoms with Crippen LogP contribution in [0.2, 0.25) is 0 Å². The van der Waals surface area contributed by atoms with Crippen LogP contribution < -0.4 is 0 Å². The van der Waals surface area contributed by atoms with E-state index in [1.165, 1.54) is 109 Å². The summed E-state index contributed by atoms with van der Waals surface area (Å²) in [4.78, 5) is 42.7. The number of hydrogen-bond donors (Lipinski definition) is 2. The second-order valence-corrected chi connectivity index (χ2v) is 14.5. The number of carbonyl (C=O) groups is 2. The Bertz CT molecular complexity index is 838. The highest BCUT2D eigenvalue weighted by molar-refractivity contribution is 7.46. The first kappa shape index (κ1) is 46.5. The maximum Gasteiger partial charge on any atom is 0.469 e. The second kappa shape index (κ2) is 35.4. The minimum absolute atomic E-state index is 0.206. The summed E-state index contributed by atoms with van der Waals surface area (Å²) in [6.45, 7) is 3.65. The number of hydrogen-bond acceptors (Lipinski definition) is 6. The predicted octanol–water partition coefficient (Wildman–Crippen LogP) is 11.6. The molecule has 0 amide bonds. The van der Waals surface area contributed by atoms with Gasteiger partial charge < -0.3 is 19.3 Å². The molecule has 0 aromatic heterocycles. The fourth-order valence-corrected chi connectivity index (χ4v) is 5.88. The average molecular weight is 701 g/mol. The topological polar surface area (TPSA) is 119 Å². The molecule has 0 heterocycles. The second-order valence-electron chi connectivity index (χ2n) is 13.3. The molecule has 0 spiro atoms. The molecule has 0 aliphatic rings. The molecule has 8 nitrogen and oxygen atoms in total. The van der Waals surface area contributed by atoms with Crippen molar-refractivity contribution in [2.24, 2.45) is 0 Å². The number of rotatable bonds is 36. The van der Waals surface area contributed by atoms with E-state index < -0.39 is 32.5 Å². The van der Waals surface area contributed by atoms with Gasteiger partial charge in [-0.1, -0.05) is 160 Å². The number of carbonyl (C=O) groups excluding carboxylic acids is 2. The van der Waals surface area contributed by atoms with Crippen LogP contribution in [0.1, 0.15) is 194 Å². The molecule has 0 aromatic rings. The van der Waals surface area contributed by atoms with Crippen LogP contribution in [0.25, 0.3) is 0 Å². The standard InChI is InChI=1S/C39H73O8P/c1-3-5-7-9-11-13-15-17-18-19-20-22-24-26-28-30-32-34-39(41)47-37(36-46-48(42,43)44)35-45-38(40)33-31-29-27-25-23-21-16-14-12-10-8-6-4-2/h11,13,17-18,37H,3-10,12,14-16,19-36H2,1-2H3,(H2,42,43,44)/b13-11-,18-17-. The molecule has 0 radical (unpaired) electrons. The SMILES string of the molecule is CCCCC/C=C\C/C=C\CCCCCCCCCC(=O)OC(COC(=O)CCCCCCCCCCCCCCC)COP(=O)(O)O. The van der Waals surface area contributed by atoms with Gasteiger partial charge in [-0.15, -0.1) is 0 Å². The van der Waals surface area contributed by atoms with Crippen molar-refractivity contribution in [1.29, 1.82) is 0 Å². The number of phosphoric ester groups is 1. The minimum atomic E-state index is -4.75. The van der Waals surface area contributed by atoms with E-state index in [9.17, 15) is 14.2 Å². The lowest BCUT2D eigenvalue weighted by atomic mass is 10.0. The normalized spacial score (nSPS) is 12.7. The molecule has 0 aromatic carbocycles. The third-order valence-corrected chi connectivity index (χ3v) is 8.96. The van der Waals surface area contributed by atoms with Crippen molar-refractivity contribution in [3.8, 4) is 0 Å². The van der Waals surface area contributed by atoms with Crippen molar-refractivity contribution < 1.29 is 37.9 Å². The van der Waals surface area contributed by atoms with Gasteiger partial charge in [-0.05, 0) is 44.9 Å². The molecule has 0 fully saturated rings. The summed E-state index contributed by atoms with van der Waals surface area (Å²) in [6.07, 6.45) is 38.9. The summed E-state index contributed by atoms with van der Waals surface area (Å²) in [5, 5.41) is 0. The fourth-order valence-electron chi connectivity index (χ4n) is 5.52. The fraction of sp³-hybridized carbons (Fsp3) is 0.846. The first-order valence-electron chi connectivity index (χ1n) is 19.6. The van der Waals surface area contributed by atoms with Gasteiger partial charge in [-0.2, -0.15) is 0 Å². The largest absolute Gasteiger partial charge is 0.469 e. The number of allylic oxidation sites excluding steroid dienone is 4. The molecule has 0 saturated carbocycles. The van der Waals surface area contributed by atoms with Crippen LogP contribution in [-0.2, 0) is 28.2 Å². The Morgan fingerprint density at radius 3 is 1.42 bits per heavy atom. The summed E-state index contributed by atoms with van der Waals surface area (Å²) < 4.78 is 26.3. The molecular weight excluding hydrogens is 627 g/mol. The van der Waals surface area contributed by atoms with Gasteiger partial charge >= 0.3 is 19.8 Å². The molecule has 48 heavy (non-hydrogen) atoms. The molecular formula is C39H73O8P. The van der Waals surface area contributed by atoms with E-state index in [1.54, 1.807) is 0 Å². The van der Waals surface area contributed by atoms with Gasteiger partial charge in [0.2, 0.25) is 0 Å². The zero-order valence-electron chi connectivity index (χ0n) is 30.9. The lowest BCUT2D eigenvalue weighted by molar-refractivity contribution is -0.161. The summed E-state index contributed by atoms with van der Waals surface area (Å²) in [5.74, 6) is -0.888. The third-order valence-electron chi connectivity index (χ3n) is 8.47. The highest BCUT2D eigenvalue weighted by Crippen LogP contribution is 2.36. The van der Waals surface area contributed by atoms with Crippen LogP contribution >= 0.6 is 7.82 Å². The van der Waals surface area contributed by atoms with E-state index in [0.717, 1.165) is 51.4 Å². The van der Waals surface area contributed by atoms with Crippen molar-refractivity contribution in [3.63, 3.8) is 0 Å². The monoisotopic (exact) mass is 701 g/mol. The molecule has 0 bridgehead atoms. The zero-order valence-corrected chi connectivity index (χ0v) is 31.8. The predicted molar refractivity (Wildman–Crippen MR) is 198 cm³/mol. The van der Waals surface area contributed by atoms with Crippen molar-refractivity contribution in [2.45, 2.75) is 200 Å². The van der Waals surface area contributed by atoms with Crippen molar-refractivity contribution in [3.05, 3.63) is 24.3 Å². The summed E-state index contributed by atoms with van der Waals surface area (Å²) in [6, 6.07) is 0. The number of ether oxygens (including phenoxy) is 2. The Balaban J connectivity index is 3.94. The van der Waals surface area contributed by atoms with E-state index in [0.29, 0.717) is 6.42 Å². The van der Waals surface area contributed by atoms with Crippen molar-refractivity contribution in [2.75, 3.05) is 13.2 Å². The van der Waals surface area contributed by atoms with Crippen LogP contribution in [-0.4, -0.2) is 41.0 Å². The highest BCUT2D eigenvalue weighted by Gasteiger charge is 2.22. The van der Waals surface area contributed by atoms with Gasteiger partial charge in [0, 0.05) is 12.8 Å². The van der Waals surface area contributed by atoms with Gasteiger partial charge in [-0.3, -0.25) is 14.1 Å². The lowest BCUT2D eigenvalue weighted by Gasteiger charge is -2.18. The van der Waals surface area contributed by atoms with E-state index >= 15 is 0 Å². The molecule has 2 N–H and O–H groups in total. The third kappa shape index (κ3) is 37.4. The van der Waals surface area contributed by atoms with Gasteiger partial charge in [0.15, 0.2) is 6.10 Å². The summed E-state index contributed by atoms with van der Waals surface area (Å²) >= 11 is 0. The van der Waals surface area contributed by atoms with Crippen molar-refractivity contribution in [1.82, 2.24) is 0 Å². The van der Waals surface area contributed by atoms with Gasteiger partial charge in [-0.25, -0.2) is 4.57 Å². The quantitative estimate of drug-likeness (QED) is 0.0287. The average Bonchev–Trinajstić information content (AvgIpc) is 3.05. The van der Waals surface area contributed by atoms with Crippen LogP contribution in [0.3, 0.4) is 0 Å². The van der Waals surface area contributed by atoms with Crippen molar-refractivity contribution >= 4 is 19.8 Å². The van der Waals surface area contributed by atoms with Crippen LogP contribution in [0, 0.1) is 0 Å². The molecule has 1 atom stereocenters. The first-order chi connectivity index (χ1) is 23.3. The van der Waals surface area contributed by atoms with Gasteiger partial charge in [0.05, 0.1) is 6.61 Å². The van der Waals surface area contributed by atoms with E-state index in [1.807, 2.05) is 0 Å². The van der Waals surface area contributed by atoms with Crippen LogP contribution in [0.4, 0.5) is 0 Å². The number of phosphoric acid groups is 1. The minimum Gasteiger partial charge on any atom is -0.462 e. The van der Waals surface area contributed by atoms with E-state index in [2.05, 4.69) is 42.7 Å². The summed E-state index contributed by atoms with van der Waals surface area (Å²) in [7, 11) is -4.75. The van der Waals surface area contributed by atoms with Gasteiger partial charge in [0.1, 0.15) is 6.61 Å². The molecule has 282 valence electrons. The van der Waals surface area contributed by atoms with E-state index in [4.69, 9.17) is 19.3 Å². The Hall–Kier alpha value is -1.47. The number of esters is 2. The molecule has 0 saturated heterocycles. The Kier molecular flexibility index (Phi) is 34.3. The molecule has 0 aliphatic carbocycles. The first-order valence-corrected chi connectivity index (χ1v) is 21.2. The Morgan fingerprint density at radius 1 is 0.542 bits per heavy atom. The highest BCUT2D eigenvalue weighted by atomic mass is 31.2. The molecule has 0 aliphatic heterocycles. The van der Waals surface area contributed by atoms with Crippen LogP contribution in [0.15, 0.2) is 24.3 Å². The Labute approximate surface area is 294 Å². The molecule has 1 unspecified atom stereocenters. The molecule has 9 heteroatoms. The summed E-state index contributed by atoms with van der Waals surface area (Å²) in [5.41, 5.74) is 0. The van der Waals surface area contributed by atoms with Crippen LogP contribution in [0.5, 0.6) is 0 Å². The Morgan fingerprint density at radius 2 is 0.938 bits per heavy atom. The van der Waals surface area contributed by atoms with E-state index in [-0.39, 0.29) is 19.4 Å². The number of unbranched alkanes of at least 4 members (excludes halogenated alkanes) is 22.